The third-order valence-corrected chi connectivity index (χ3v) is 11.7. The van der Waals surface area contributed by atoms with Crippen molar-refractivity contribution < 1.29 is 24.0 Å². The van der Waals surface area contributed by atoms with Crippen LogP contribution in [0.3, 0.4) is 0 Å². The molecule has 8 nitrogen and oxygen atoms in total. The van der Waals surface area contributed by atoms with Gasteiger partial charge in [-0.15, -0.1) is 16.1 Å². The minimum atomic E-state index is -1.44. The molecule has 40 heavy (non-hydrogen) atoms. The maximum atomic E-state index is 14.2. The van der Waals surface area contributed by atoms with Crippen LogP contribution in [0.15, 0.2) is 47.4 Å². The standard InChI is InChI=1S/C29H36ClN3O5S2/c1-3-38-29(36)31-22-16-25(39-27(22)28(34)35)20-14-26-23(15-21(20)30)33(19-12-8-5-9-13-19)17-24(32(2)40(26)37)18-10-6-4-7-11-18/h5,8-9,12-15,18,22,24-25,27H,3-4,6-7,10-11,16-17H2,1-2H3,(H,31,36)(H,34,35)/t22?,24-,25?,27?,40?/m0/s1. The lowest BCUT2D eigenvalue weighted by atomic mass is 9.83. The van der Waals surface area contributed by atoms with Crippen molar-refractivity contribution in [3.8, 4) is 0 Å². The molecular formula is C29H36ClN3O5S2. The van der Waals surface area contributed by atoms with Crippen LogP contribution < -0.4 is 10.2 Å². The van der Waals surface area contributed by atoms with Crippen molar-refractivity contribution in [3.63, 3.8) is 0 Å². The first-order valence-electron chi connectivity index (χ1n) is 13.9. The molecule has 1 amide bonds. The molecule has 0 radical (unpaired) electrons. The third-order valence-electron chi connectivity index (χ3n) is 8.23. The number of alkyl carbamates (subject to hydrolysis) is 1. The highest BCUT2D eigenvalue weighted by Gasteiger charge is 2.45. The van der Waals surface area contributed by atoms with Gasteiger partial charge in [-0.3, -0.25) is 4.79 Å². The molecule has 2 fully saturated rings. The fourth-order valence-electron chi connectivity index (χ4n) is 6.22. The summed E-state index contributed by atoms with van der Waals surface area (Å²) in [6.45, 7) is 2.59. The second-order valence-corrected chi connectivity index (χ2v) is 13.9. The van der Waals surface area contributed by atoms with E-state index in [9.17, 15) is 19.2 Å². The van der Waals surface area contributed by atoms with Gasteiger partial charge in [-0.2, -0.15) is 0 Å². The first kappa shape index (κ1) is 29.4. The monoisotopic (exact) mass is 605 g/mol. The number of carbonyl (C=O) groups excluding carboxylic acids is 1. The molecule has 3 aliphatic rings. The lowest BCUT2D eigenvalue weighted by molar-refractivity contribution is -0.136. The molecule has 5 atom stereocenters. The van der Waals surface area contributed by atoms with E-state index in [1.54, 1.807) is 6.92 Å². The molecule has 2 N–H and O–H groups in total. The molecule has 0 aromatic heterocycles. The van der Waals surface area contributed by atoms with Gasteiger partial charge in [-0.25, -0.2) is 4.79 Å². The van der Waals surface area contributed by atoms with Crippen molar-refractivity contribution in [2.45, 2.75) is 72.9 Å². The van der Waals surface area contributed by atoms with Crippen LogP contribution in [0.2, 0.25) is 5.02 Å². The van der Waals surface area contributed by atoms with Gasteiger partial charge in [-0.1, -0.05) is 49.1 Å². The number of thioether (sulfide) groups is 1. The minimum Gasteiger partial charge on any atom is -0.593 e. The van der Waals surface area contributed by atoms with Crippen molar-refractivity contribution in [1.82, 2.24) is 9.62 Å². The van der Waals surface area contributed by atoms with Crippen LogP contribution in [0.5, 0.6) is 0 Å². The van der Waals surface area contributed by atoms with Gasteiger partial charge < -0.3 is 24.6 Å². The zero-order valence-corrected chi connectivity index (χ0v) is 25.1. The Hall–Kier alpha value is -2.11. The van der Waals surface area contributed by atoms with Crippen LogP contribution in [0.4, 0.5) is 16.2 Å². The molecular weight excluding hydrogens is 570 g/mol. The van der Waals surface area contributed by atoms with Crippen molar-refractivity contribution in [2.75, 3.05) is 25.1 Å². The van der Waals surface area contributed by atoms with Gasteiger partial charge in [0.25, 0.3) is 0 Å². The van der Waals surface area contributed by atoms with E-state index in [0.717, 1.165) is 29.8 Å². The number of para-hydroxylation sites is 1. The van der Waals surface area contributed by atoms with E-state index in [1.807, 2.05) is 41.7 Å². The van der Waals surface area contributed by atoms with E-state index in [1.165, 1.54) is 31.0 Å². The molecule has 2 heterocycles. The summed E-state index contributed by atoms with van der Waals surface area (Å²) in [5.74, 6) is -0.552. The molecule has 1 aliphatic carbocycles. The highest BCUT2D eigenvalue weighted by molar-refractivity contribution is 8.01. The number of ether oxygens (including phenoxy) is 1. The molecule has 2 aromatic carbocycles. The fourth-order valence-corrected chi connectivity index (χ4v) is 9.45. The highest BCUT2D eigenvalue weighted by Crippen LogP contribution is 2.50. The third kappa shape index (κ3) is 6.06. The Labute approximate surface area is 248 Å². The predicted octanol–water partition coefficient (Wildman–Crippen LogP) is 6.14. The number of carboxylic acid groups (broad SMARTS) is 1. The number of fused-ring (bicyclic) bond motifs is 1. The minimum absolute atomic E-state index is 0.103. The number of hydrogen-bond donors (Lipinski definition) is 2. The predicted molar refractivity (Wildman–Crippen MR) is 160 cm³/mol. The molecule has 4 unspecified atom stereocenters. The van der Waals surface area contributed by atoms with Gasteiger partial charge in [0.2, 0.25) is 0 Å². The van der Waals surface area contributed by atoms with Gasteiger partial charge >= 0.3 is 12.1 Å². The number of nitrogens with one attached hydrogen (secondary N) is 1. The summed E-state index contributed by atoms with van der Waals surface area (Å²) in [7, 11) is 1.95. The molecule has 2 aliphatic heterocycles. The number of aliphatic carboxylic acids is 1. The van der Waals surface area contributed by atoms with E-state index in [0.29, 0.717) is 28.8 Å². The zero-order valence-electron chi connectivity index (χ0n) is 22.8. The molecule has 0 spiro atoms. The van der Waals surface area contributed by atoms with Gasteiger partial charge in [0.05, 0.1) is 30.1 Å². The van der Waals surface area contributed by atoms with Crippen LogP contribution in [-0.2, 0) is 20.9 Å². The van der Waals surface area contributed by atoms with Crippen LogP contribution >= 0.6 is 23.4 Å². The van der Waals surface area contributed by atoms with Crippen LogP contribution in [0, 0.1) is 5.92 Å². The number of benzene rings is 2. The normalized spacial score (nSPS) is 27.6. The lowest BCUT2D eigenvalue weighted by Crippen LogP contribution is -2.46. The van der Waals surface area contributed by atoms with Crippen LogP contribution in [-0.4, -0.2) is 63.6 Å². The SMILES string of the molecule is CCOC(=O)NC1CC(c2cc3c(cc2Cl)N(c2ccccc2)C[C@@H](C2CCCCC2)N(C)[S+]3[O-])SC1C(=O)O. The van der Waals surface area contributed by atoms with Crippen molar-refractivity contribution in [1.29, 1.82) is 0 Å². The van der Waals surface area contributed by atoms with Gasteiger partial charge in [0.1, 0.15) is 10.9 Å². The Kier molecular flexibility index (Phi) is 9.42. The number of amides is 1. The van der Waals surface area contributed by atoms with E-state index in [-0.39, 0.29) is 17.9 Å². The molecule has 11 heteroatoms. The van der Waals surface area contributed by atoms with Crippen molar-refractivity contribution in [2.24, 2.45) is 5.92 Å². The van der Waals surface area contributed by atoms with E-state index in [4.69, 9.17) is 16.3 Å². The Morgan fingerprint density at radius 2 is 1.93 bits per heavy atom. The Morgan fingerprint density at radius 1 is 1.20 bits per heavy atom. The van der Waals surface area contributed by atoms with Crippen LogP contribution in [0.25, 0.3) is 0 Å². The maximum Gasteiger partial charge on any atom is 0.407 e. The maximum absolute atomic E-state index is 14.2. The number of likely N-dealkylation sites (N-methyl/N-ethyl adjacent to an activating group) is 1. The topological polar surface area (TPSA) is 105 Å². The Morgan fingerprint density at radius 3 is 2.60 bits per heavy atom. The van der Waals surface area contributed by atoms with Crippen LogP contribution in [0.1, 0.15) is 56.3 Å². The number of nitrogens with zero attached hydrogens (tertiary/aromatic N) is 2. The number of halogens is 1. The highest BCUT2D eigenvalue weighted by atomic mass is 35.5. The van der Waals surface area contributed by atoms with E-state index in [2.05, 4.69) is 22.3 Å². The Bertz CT molecular complexity index is 1220. The zero-order chi connectivity index (χ0) is 28.4. The number of carboxylic acids is 1. The number of anilines is 2. The first-order chi connectivity index (χ1) is 19.3. The second-order valence-electron chi connectivity index (χ2n) is 10.6. The molecule has 1 saturated heterocycles. The van der Waals surface area contributed by atoms with Gasteiger partial charge in [0.15, 0.2) is 4.90 Å². The summed E-state index contributed by atoms with van der Waals surface area (Å²) < 4.78 is 21.2. The van der Waals surface area contributed by atoms with E-state index >= 15 is 0 Å². The summed E-state index contributed by atoms with van der Waals surface area (Å²) in [6.07, 6.45) is 5.63. The lowest BCUT2D eigenvalue weighted by Gasteiger charge is -2.36. The van der Waals surface area contributed by atoms with E-state index < -0.39 is 34.7 Å². The van der Waals surface area contributed by atoms with Crippen molar-refractivity contribution >= 4 is 58.2 Å². The number of rotatable bonds is 6. The average molecular weight is 606 g/mol. The molecule has 216 valence electrons. The second kappa shape index (κ2) is 12.8. The molecule has 5 rings (SSSR count). The first-order valence-corrected chi connectivity index (χ1v) is 16.3. The summed E-state index contributed by atoms with van der Waals surface area (Å²) in [5, 5.41) is 11.9. The molecule has 2 aromatic rings. The summed E-state index contributed by atoms with van der Waals surface area (Å²) in [6, 6.07) is 13.4. The largest absolute Gasteiger partial charge is 0.593 e. The quantitative estimate of drug-likeness (QED) is 0.378. The summed E-state index contributed by atoms with van der Waals surface area (Å²) in [5.41, 5.74) is 2.55. The molecule has 1 saturated carbocycles. The smallest absolute Gasteiger partial charge is 0.407 e. The molecule has 0 bridgehead atoms. The average Bonchev–Trinajstić information content (AvgIpc) is 3.33. The summed E-state index contributed by atoms with van der Waals surface area (Å²) >= 11 is 6.74. The van der Waals surface area contributed by atoms with Crippen molar-refractivity contribution in [3.05, 3.63) is 53.1 Å². The van der Waals surface area contributed by atoms with Gasteiger partial charge in [-0.05, 0) is 55.9 Å². The number of hydrogen-bond acceptors (Lipinski definition) is 7. The number of carbonyl (C=O) groups is 2. The van der Waals surface area contributed by atoms with Gasteiger partial charge in [0, 0.05) is 35.6 Å². The Balaban J connectivity index is 1.52. The fraction of sp³-hybridized carbons (Fsp3) is 0.517. The summed E-state index contributed by atoms with van der Waals surface area (Å²) in [4.78, 5) is 27.1.